The largest absolute Gasteiger partial charge is 0.480 e. The number of carboxylic acids is 1. The highest BCUT2D eigenvalue weighted by Gasteiger charge is 2.32. The number of benzene rings is 1. The molecule has 1 aromatic rings. The Balaban J connectivity index is 1.98. The van der Waals surface area contributed by atoms with E-state index in [0.29, 0.717) is 4.91 Å². The van der Waals surface area contributed by atoms with Gasteiger partial charge < -0.3 is 10.4 Å². The molecule has 2 rings (SSSR count). The zero-order valence-electron chi connectivity index (χ0n) is 12.5. The smallest absolute Gasteiger partial charge is 0.322 e. The fourth-order valence-electron chi connectivity index (χ4n) is 1.83. The summed E-state index contributed by atoms with van der Waals surface area (Å²) in [5.74, 6) is -2.09. The van der Waals surface area contributed by atoms with Gasteiger partial charge in [0, 0.05) is 0 Å². The highest BCUT2D eigenvalue weighted by Crippen LogP contribution is 2.30. The van der Waals surface area contributed by atoms with Gasteiger partial charge in [-0.3, -0.25) is 19.3 Å². The van der Waals surface area contributed by atoms with Crippen LogP contribution in [0.2, 0.25) is 0 Å². The van der Waals surface area contributed by atoms with E-state index in [2.05, 4.69) is 5.32 Å². The van der Waals surface area contributed by atoms with Crippen molar-refractivity contribution in [2.75, 3.05) is 13.1 Å². The molecule has 1 aliphatic heterocycles. The van der Waals surface area contributed by atoms with Crippen molar-refractivity contribution in [2.45, 2.75) is 0 Å². The van der Waals surface area contributed by atoms with Gasteiger partial charge >= 0.3 is 5.97 Å². The summed E-state index contributed by atoms with van der Waals surface area (Å²) in [6.45, 7) is -0.791. The molecule has 0 unspecified atom stereocenters. The Morgan fingerprint density at radius 1 is 1.29 bits per heavy atom. The van der Waals surface area contributed by atoms with Gasteiger partial charge in [-0.1, -0.05) is 66.5 Å². The van der Waals surface area contributed by atoms with Gasteiger partial charge in [-0.05, 0) is 11.6 Å². The fraction of sp³-hybridized carbons (Fsp3) is 0.125. The lowest BCUT2D eigenvalue weighted by molar-refractivity contribution is -0.138. The molecule has 0 saturated carbocycles. The Morgan fingerprint density at radius 3 is 2.67 bits per heavy atom. The van der Waals surface area contributed by atoms with Gasteiger partial charge in [0.05, 0.1) is 4.91 Å². The van der Waals surface area contributed by atoms with Crippen LogP contribution in [-0.4, -0.2) is 45.2 Å². The van der Waals surface area contributed by atoms with E-state index in [1.807, 2.05) is 36.4 Å². The quantitative estimate of drug-likeness (QED) is 0.591. The number of carbonyl (C=O) groups excluding carboxylic acids is 2. The second-order valence-electron chi connectivity index (χ2n) is 4.73. The molecule has 1 heterocycles. The van der Waals surface area contributed by atoms with Crippen LogP contribution in [0.15, 0.2) is 47.4 Å². The maximum atomic E-state index is 12.3. The molecule has 0 radical (unpaired) electrons. The molecular weight excluding hydrogens is 348 g/mol. The molecule has 0 bridgehead atoms. The number of carboxylic acid groups (broad SMARTS) is 1. The molecule has 1 aliphatic rings. The summed E-state index contributed by atoms with van der Waals surface area (Å²) in [7, 11) is 0. The van der Waals surface area contributed by atoms with E-state index >= 15 is 0 Å². The van der Waals surface area contributed by atoms with E-state index in [9.17, 15) is 14.4 Å². The molecule has 0 atom stereocenters. The Bertz CT molecular complexity index is 729. The Morgan fingerprint density at radius 2 is 2.00 bits per heavy atom. The summed E-state index contributed by atoms with van der Waals surface area (Å²) in [4.78, 5) is 35.9. The van der Waals surface area contributed by atoms with Crippen LogP contribution in [0, 0.1) is 0 Å². The maximum absolute atomic E-state index is 12.3. The van der Waals surface area contributed by atoms with Crippen LogP contribution < -0.4 is 5.32 Å². The highest BCUT2D eigenvalue weighted by molar-refractivity contribution is 8.26. The minimum atomic E-state index is -1.15. The van der Waals surface area contributed by atoms with Gasteiger partial charge in [-0.15, -0.1) is 0 Å². The van der Waals surface area contributed by atoms with Gasteiger partial charge in [-0.25, -0.2) is 0 Å². The van der Waals surface area contributed by atoms with Crippen molar-refractivity contribution in [3.8, 4) is 0 Å². The van der Waals surface area contributed by atoms with Crippen LogP contribution in [0.1, 0.15) is 5.56 Å². The number of hydrogen-bond acceptors (Lipinski definition) is 5. The minimum Gasteiger partial charge on any atom is -0.480 e. The van der Waals surface area contributed by atoms with Gasteiger partial charge in [0.2, 0.25) is 5.91 Å². The summed E-state index contributed by atoms with van der Waals surface area (Å²) >= 11 is 6.20. The molecule has 6 nitrogen and oxygen atoms in total. The lowest BCUT2D eigenvalue weighted by atomic mass is 10.2. The maximum Gasteiger partial charge on any atom is 0.322 e. The first kappa shape index (κ1) is 17.9. The summed E-state index contributed by atoms with van der Waals surface area (Å²) in [6, 6.07) is 9.60. The summed E-state index contributed by atoms with van der Waals surface area (Å²) in [5.41, 5.74) is 0.997. The van der Waals surface area contributed by atoms with Crippen LogP contribution in [0.4, 0.5) is 0 Å². The number of aliphatic carboxylic acids is 1. The van der Waals surface area contributed by atoms with E-state index in [1.54, 1.807) is 12.2 Å². The molecule has 1 aromatic carbocycles. The third-order valence-electron chi connectivity index (χ3n) is 2.95. The number of nitrogens with one attached hydrogen (secondary N) is 1. The predicted octanol–water partition coefficient (Wildman–Crippen LogP) is 1.64. The van der Waals surface area contributed by atoms with E-state index in [1.165, 1.54) is 0 Å². The molecule has 2 amide bonds. The molecular formula is C16H14N2O4S2. The number of thiocarbonyl (C=S) groups is 1. The number of nitrogens with zero attached hydrogens (tertiary/aromatic N) is 1. The molecule has 0 aromatic heterocycles. The van der Waals surface area contributed by atoms with Crippen molar-refractivity contribution < 1.29 is 19.5 Å². The van der Waals surface area contributed by atoms with Crippen molar-refractivity contribution in [2.24, 2.45) is 0 Å². The number of carbonyl (C=O) groups is 3. The first-order valence-electron chi connectivity index (χ1n) is 6.93. The lowest BCUT2D eigenvalue weighted by Crippen LogP contribution is -2.41. The Hall–Kier alpha value is -2.45. The molecule has 1 saturated heterocycles. The second kappa shape index (κ2) is 8.42. The molecule has 8 heteroatoms. The first-order valence-corrected chi connectivity index (χ1v) is 8.15. The van der Waals surface area contributed by atoms with Gasteiger partial charge in [-0.2, -0.15) is 0 Å². The van der Waals surface area contributed by atoms with Crippen molar-refractivity contribution in [3.63, 3.8) is 0 Å². The summed E-state index contributed by atoms with van der Waals surface area (Å²) < 4.78 is 0.268. The predicted molar refractivity (Wildman–Crippen MR) is 96.1 cm³/mol. The van der Waals surface area contributed by atoms with E-state index < -0.39 is 18.4 Å². The normalized spacial score (nSPS) is 16.2. The van der Waals surface area contributed by atoms with Crippen LogP contribution in [-0.2, 0) is 14.4 Å². The van der Waals surface area contributed by atoms with Crippen LogP contribution in [0.5, 0.6) is 0 Å². The third-order valence-corrected chi connectivity index (χ3v) is 4.34. The van der Waals surface area contributed by atoms with E-state index in [-0.39, 0.29) is 16.8 Å². The SMILES string of the molecule is O=C(O)CNC(=O)CN1C(=O)/C(=C/C=C/c2ccccc2)SC1=S. The minimum absolute atomic E-state index is 0.268. The Kier molecular flexibility index (Phi) is 6.28. The average Bonchev–Trinajstić information content (AvgIpc) is 2.82. The number of amides is 2. The topological polar surface area (TPSA) is 86.7 Å². The van der Waals surface area contributed by atoms with Crippen LogP contribution in [0.25, 0.3) is 6.08 Å². The number of thioether (sulfide) groups is 1. The summed E-state index contributed by atoms with van der Waals surface area (Å²) in [5, 5.41) is 10.7. The first-order chi connectivity index (χ1) is 11.5. The van der Waals surface area contributed by atoms with Gasteiger partial charge in [0.25, 0.3) is 5.91 Å². The third kappa shape index (κ3) is 5.04. The van der Waals surface area contributed by atoms with Crippen LogP contribution in [0.3, 0.4) is 0 Å². The van der Waals surface area contributed by atoms with Crippen molar-refractivity contribution in [1.82, 2.24) is 10.2 Å². The molecule has 124 valence electrons. The van der Waals surface area contributed by atoms with E-state index in [0.717, 1.165) is 22.2 Å². The lowest BCUT2D eigenvalue weighted by Gasteiger charge is -2.13. The second-order valence-corrected chi connectivity index (χ2v) is 6.41. The zero-order chi connectivity index (χ0) is 17.5. The Labute approximate surface area is 148 Å². The van der Waals surface area contributed by atoms with Gasteiger partial charge in [0.15, 0.2) is 0 Å². The molecule has 1 fully saturated rings. The number of rotatable bonds is 6. The average molecular weight is 362 g/mol. The van der Waals surface area contributed by atoms with Gasteiger partial charge in [0.1, 0.15) is 17.4 Å². The molecule has 0 spiro atoms. The zero-order valence-corrected chi connectivity index (χ0v) is 14.1. The van der Waals surface area contributed by atoms with Crippen molar-refractivity contribution in [3.05, 3.63) is 53.0 Å². The van der Waals surface area contributed by atoms with Crippen molar-refractivity contribution >= 4 is 52.2 Å². The molecule has 24 heavy (non-hydrogen) atoms. The van der Waals surface area contributed by atoms with E-state index in [4.69, 9.17) is 17.3 Å². The standard InChI is InChI=1S/C16H14N2O4S2/c19-13(17-9-14(20)21)10-18-15(22)12(24-16(18)23)8-4-7-11-5-2-1-3-6-11/h1-8H,9-10H2,(H,17,19)(H,20,21)/b7-4+,12-8-. The highest BCUT2D eigenvalue weighted by atomic mass is 32.2. The number of allylic oxidation sites excluding steroid dienone is 2. The monoisotopic (exact) mass is 362 g/mol. The molecule has 2 N–H and O–H groups in total. The summed E-state index contributed by atoms with van der Waals surface area (Å²) in [6.07, 6.45) is 5.24. The number of hydrogen-bond donors (Lipinski definition) is 2. The van der Waals surface area contributed by atoms with Crippen molar-refractivity contribution in [1.29, 1.82) is 0 Å². The fourth-order valence-corrected chi connectivity index (χ4v) is 3.04. The van der Waals surface area contributed by atoms with Crippen LogP contribution >= 0.6 is 24.0 Å². The molecule has 0 aliphatic carbocycles.